The molecule has 1 saturated heterocycles. The Kier molecular flexibility index (Phi) is 7.21. The molecule has 1 aliphatic rings. The molecule has 0 aromatic heterocycles. The molecule has 0 spiro atoms. The summed E-state index contributed by atoms with van der Waals surface area (Å²) in [6, 6.07) is -0.993. The lowest BCUT2D eigenvalue weighted by Crippen LogP contribution is -2.48. The molecule has 2 N–H and O–H groups in total. The molecule has 0 bridgehead atoms. The van der Waals surface area contributed by atoms with Crippen LogP contribution in [0.2, 0.25) is 0 Å². The number of aliphatic hydroxyl groups is 1. The molecule has 1 unspecified atom stereocenters. The van der Waals surface area contributed by atoms with E-state index in [-0.39, 0.29) is 18.3 Å². The molecule has 1 aliphatic heterocycles. The second-order valence-electron chi connectivity index (χ2n) is 5.99. The van der Waals surface area contributed by atoms with Crippen LogP contribution in [0.4, 0.5) is 0 Å². The number of rotatable bonds is 7. The summed E-state index contributed by atoms with van der Waals surface area (Å²) in [4.78, 5) is 22.9. The van der Waals surface area contributed by atoms with Gasteiger partial charge in [0.1, 0.15) is 12.3 Å². The van der Waals surface area contributed by atoms with Crippen molar-refractivity contribution in [3.63, 3.8) is 0 Å². The number of aliphatic hydroxyl groups excluding tert-OH is 1. The van der Waals surface area contributed by atoms with Crippen LogP contribution in [0.25, 0.3) is 0 Å². The van der Waals surface area contributed by atoms with Gasteiger partial charge in [-0.05, 0) is 0 Å². The number of carbonyl (C=O) groups excluding carboxylic acids is 2. The zero-order chi connectivity index (χ0) is 16.8. The quantitative estimate of drug-likeness (QED) is 0.491. The maximum Gasteiger partial charge on any atom is 0.323 e. The molecule has 8 heteroatoms. The Labute approximate surface area is 130 Å². The van der Waals surface area contributed by atoms with E-state index in [4.69, 9.17) is 9.47 Å². The smallest absolute Gasteiger partial charge is 0.323 e. The van der Waals surface area contributed by atoms with Gasteiger partial charge >= 0.3 is 11.9 Å². The molecule has 1 rings (SSSR count). The molecule has 0 aromatic carbocycles. The first-order valence-electron chi connectivity index (χ1n) is 7.09. The lowest BCUT2D eigenvalue weighted by molar-refractivity contribution is -0.232. The van der Waals surface area contributed by atoms with E-state index in [9.17, 15) is 14.7 Å². The van der Waals surface area contributed by atoms with Gasteiger partial charge < -0.3 is 24.1 Å². The normalized spacial score (nSPS) is 21.0. The monoisotopic (exact) mass is 319 g/mol. The standard InChI is InChI=1S/C14H25NO7/c1-14(2)7-21-12(22-8-14)6-10(16)15-9(13(18)20-4)5-11(17)19-3/h9-10,12,15-16H,5-8H2,1-4H3/t9-,10?/m0/s1. The average Bonchev–Trinajstić information content (AvgIpc) is 2.47. The van der Waals surface area contributed by atoms with Gasteiger partial charge in [0.25, 0.3) is 0 Å². The van der Waals surface area contributed by atoms with E-state index in [1.54, 1.807) is 0 Å². The molecule has 128 valence electrons. The van der Waals surface area contributed by atoms with Crippen molar-refractivity contribution in [1.82, 2.24) is 5.32 Å². The number of hydrogen-bond donors (Lipinski definition) is 2. The van der Waals surface area contributed by atoms with E-state index >= 15 is 0 Å². The second-order valence-corrected chi connectivity index (χ2v) is 5.99. The minimum absolute atomic E-state index is 0.0612. The van der Waals surface area contributed by atoms with Gasteiger partial charge in [-0.3, -0.25) is 14.9 Å². The Balaban J connectivity index is 2.47. The summed E-state index contributed by atoms with van der Waals surface area (Å²) in [6.07, 6.45) is -1.75. The van der Waals surface area contributed by atoms with Gasteiger partial charge in [-0.25, -0.2) is 0 Å². The van der Waals surface area contributed by atoms with Crippen molar-refractivity contribution in [2.45, 2.75) is 45.2 Å². The third kappa shape index (κ3) is 6.27. The minimum Gasteiger partial charge on any atom is -0.469 e. The van der Waals surface area contributed by atoms with E-state index < -0.39 is 30.5 Å². The third-order valence-electron chi connectivity index (χ3n) is 3.21. The number of esters is 2. The van der Waals surface area contributed by atoms with E-state index in [1.807, 2.05) is 13.8 Å². The lowest BCUT2D eigenvalue weighted by atomic mass is 9.95. The maximum absolute atomic E-state index is 11.6. The molecule has 0 aliphatic carbocycles. The van der Waals surface area contributed by atoms with Crippen molar-refractivity contribution in [3.8, 4) is 0 Å². The lowest BCUT2D eigenvalue weighted by Gasteiger charge is -2.35. The molecular formula is C14H25NO7. The van der Waals surface area contributed by atoms with Crippen molar-refractivity contribution >= 4 is 11.9 Å². The number of hydrogen-bond acceptors (Lipinski definition) is 8. The zero-order valence-corrected chi connectivity index (χ0v) is 13.5. The number of methoxy groups -OCH3 is 2. The van der Waals surface area contributed by atoms with Crippen molar-refractivity contribution in [1.29, 1.82) is 0 Å². The molecule has 0 aromatic rings. The van der Waals surface area contributed by atoms with Gasteiger partial charge in [0.2, 0.25) is 0 Å². The molecule has 1 fully saturated rings. The number of carbonyl (C=O) groups is 2. The first kappa shape index (κ1) is 18.8. The number of nitrogens with one attached hydrogen (secondary N) is 1. The Hall–Kier alpha value is -1.22. The fourth-order valence-electron chi connectivity index (χ4n) is 1.95. The van der Waals surface area contributed by atoms with Crippen LogP contribution in [0.15, 0.2) is 0 Å². The summed E-state index contributed by atoms with van der Waals surface area (Å²) in [5, 5.41) is 12.6. The highest BCUT2D eigenvalue weighted by molar-refractivity contribution is 5.82. The van der Waals surface area contributed by atoms with Gasteiger partial charge in [-0.15, -0.1) is 0 Å². The van der Waals surface area contributed by atoms with Gasteiger partial charge in [-0.2, -0.15) is 0 Å². The first-order chi connectivity index (χ1) is 10.3. The van der Waals surface area contributed by atoms with Crippen LogP contribution in [0.3, 0.4) is 0 Å². The van der Waals surface area contributed by atoms with Crippen LogP contribution in [-0.2, 0) is 28.5 Å². The summed E-state index contributed by atoms with van der Waals surface area (Å²) >= 11 is 0. The van der Waals surface area contributed by atoms with Crippen LogP contribution in [0.1, 0.15) is 26.7 Å². The van der Waals surface area contributed by atoms with Gasteiger partial charge in [0.05, 0.1) is 33.9 Å². The Bertz CT molecular complexity index is 375. The van der Waals surface area contributed by atoms with Crippen LogP contribution < -0.4 is 5.32 Å². The predicted octanol–water partition coefficient (Wildman–Crippen LogP) is -0.212. The van der Waals surface area contributed by atoms with Crippen LogP contribution in [0, 0.1) is 5.41 Å². The highest BCUT2D eigenvalue weighted by Gasteiger charge is 2.31. The molecule has 22 heavy (non-hydrogen) atoms. The van der Waals surface area contributed by atoms with Crippen LogP contribution in [-0.4, -0.2) is 63.0 Å². The number of ether oxygens (including phenoxy) is 4. The zero-order valence-electron chi connectivity index (χ0n) is 13.5. The maximum atomic E-state index is 11.6. The summed E-state index contributed by atoms with van der Waals surface area (Å²) < 4.78 is 20.1. The Morgan fingerprint density at radius 1 is 1.27 bits per heavy atom. The van der Waals surface area contributed by atoms with Crippen molar-refractivity contribution in [2.75, 3.05) is 27.4 Å². The third-order valence-corrected chi connectivity index (χ3v) is 3.21. The average molecular weight is 319 g/mol. The van der Waals surface area contributed by atoms with Gasteiger partial charge in [-0.1, -0.05) is 13.8 Å². The van der Waals surface area contributed by atoms with E-state index in [2.05, 4.69) is 14.8 Å². The first-order valence-corrected chi connectivity index (χ1v) is 7.09. The summed E-state index contributed by atoms with van der Waals surface area (Å²) in [7, 11) is 2.43. The largest absolute Gasteiger partial charge is 0.469 e. The Morgan fingerprint density at radius 3 is 2.36 bits per heavy atom. The van der Waals surface area contributed by atoms with E-state index in [1.165, 1.54) is 14.2 Å². The highest BCUT2D eigenvalue weighted by atomic mass is 16.7. The topological polar surface area (TPSA) is 103 Å². The fourth-order valence-corrected chi connectivity index (χ4v) is 1.95. The van der Waals surface area contributed by atoms with Crippen molar-refractivity contribution in [3.05, 3.63) is 0 Å². The molecule has 0 amide bonds. The Morgan fingerprint density at radius 2 is 1.86 bits per heavy atom. The van der Waals surface area contributed by atoms with Gasteiger partial charge in [0.15, 0.2) is 6.29 Å². The minimum atomic E-state index is -1.08. The predicted molar refractivity (Wildman–Crippen MR) is 75.7 cm³/mol. The summed E-state index contributed by atoms with van der Waals surface area (Å²) in [5.74, 6) is -1.24. The summed E-state index contributed by atoms with van der Waals surface area (Å²) in [5.41, 5.74) is -0.0612. The van der Waals surface area contributed by atoms with E-state index in [0.717, 1.165) is 0 Å². The second kappa shape index (κ2) is 8.42. The SMILES string of the molecule is COC(=O)C[C@H](NC(O)CC1OCC(C)(C)CO1)C(=O)OC. The fraction of sp³-hybridized carbons (Fsp3) is 0.857. The van der Waals surface area contributed by atoms with Crippen molar-refractivity contribution < 1.29 is 33.6 Å². The van der Waals surface area contributed by atoms with Crippen molar-refractivity contribution in [2.24, 2.45) is 5.41 Å². The van der Waals surface area contributed by atoms with E-state index in [0.29, 0.717) is 13.2 Å². The molecule has 2 atom stereocenters. The van der Waals surface area contributed by atoms with Crippen LogP contribution in [0.5, 0.6) is 0 Å². The molecule has 0 radical (unpaired) electrons. The molecule has 1 heterocycles. The molecule has 0 saturated carbocycles. The van der Waals surface area contributed by atoms with Gasteiger partial charge in [0, 0.05) is 11.8 Å². The molecule has 8 nitrogen and oxygen atoms in total. The van der Waals surface area contributed by atoms with Crippen LogP contribution >= 0.6 is 0 Å². The molecular weight excluding hydrogens is 294 g/mol. The summed E-state index contributed by atoms with van der Waals surface area (Å²) in [6.45, 7) is 5.07. The highest BCUT2D eigenvalue weighted by Crippen LogP contribution is 2.24.